The van der Waals surface area contributed by atoms with Crippen molar-refractivity contribution < 1.29 is 9.59 Å². The van der Waals surface area contributed by atoms with E-state index in [4.69, 9.17) is 0 Å². The van der Waals surface area contributed by atoms with Gasteiger partial charge >= 0.3 is 0 Å². The molecule has 0 aliphatic heterocycles. The van der Waals surface area contributed by atoms with E-state index in [-0.39, 0.29) is 24.4 Å². The van der Waals surface area contributed by atoms with E-state index in [1.807, 2.05) is 24.4 Å². The summed E-state index contributed by atoms with van der Waals surface area (Å²) in [6, 6.07) is 16.5. The van der Waals surface area contributed by atoms with Crippen molar-refractivity contribution in [2.75, 3.05) is 13.1 Å². The minimum absolute atomic E-state index is 0.0441. The zero-order valence-electron chi connectivity index (χ0n) is 20.4. The molecular formula is C28H34BrN3O2S. The van der Waals surface area contributed by atoms with Crippen LogP contribution in [0.4, 0.5) is 0 Å². The smallest absolute Gasteiger partial charge is 0.264 e. The molecule has 0 atom stereocenters. The summed E-state index contributed by atoms with van der Waals surface area (Å²) in [7, 11) is 0. The summed E-state index contributed by atoms with van der Waals surface area (Å²) in [5.74, 6) is 0.00376. The lowest BCUT2D eigenvalue weighted by Gasteiger charge is -2.36. The van der Waals surface area contributed by atoms with Crippen LogP contribution in [0.1, 0.15) is 66.4 Å². The molecule has 0 unspecified atom stereocenters. The predicted octanol–water partition coefficient (Wildman–Crippen LogP) is 6.57. The molecule has 7 heteroatoms. The molecule has 1 saturated carbocycles. The first kappa shape index (κ1) is 25.7. The number of carbonyl (C=O) groups excluding carboxylic acids is 2. The molecule has 1 aliphatic rings. The average Bonchev–Trinajstić information content (AvgIpc) is 3.56. The van der Waals surface area contributed by atoms with E-state index in [1.54, 1.807) is 4.90 Å². The van der Waals surface area contributed by atoms with Crippen LogP contribution in [0.2, 0.25) is 0 Å². The molecule has 0 N–H and O–H groups in total. The maximum Gasteiger partial charge on any atom is 0.264 e. The molecule has 2 aromatic heterocycles. The van der Waals surface area contributed by atoms with Crippen molar-refractivity contribution in [2.24, 2.45) is 0 Å². The summed E-state index contributed by atoms with van der Waals surface area (Å²) < 4.78 is 3.30. The van der Waals surface area contributed by atoms with Gasteiger partial charge in [0, 0.05) is 35.5 Å². The largest absolute Gasteiger partial charge is 0.345 e. The number of benzene rings is 1. The summed E-state index contributed by atoms with van der Waals surface area (Å²) in [5, 5.41) is 1.91. The van der Waals surface area contributed by atoms with Crippen LogP contribution in [0.5, 0.6) is 0 Å². The Morgan fingerprint density at radius 1 is 1.06 bits per heavy atom. The van der Waals surface area contributed by atoms with Crippen LogP contribution < -0.4 is 0 Å². The fourth-order valence-electron chi connectivity index (χ4n) is 4.85. The Labute approximate surface area is 220 Å². The minimum Gasteiger partial charge on any atom is -0.345 e. The topological polar surface area (TPSA) is 45.6 Å². The summed E-state index contributed by atoms with van der Waals surface area (Å²) in [5.41, 5.74) is 2.34. The number of thiophene rings is 1. The minimum atomic E-state index is -0.0441. The zero-order valence-corrected chi connectivity index (χ0v) is 22.8. The van der Waals surface area contributed by atoms with Crippen molar-refractivity contribution in [3.8, 4) is 0 Å². The molecule has 186 valence electrons. The molecule has 1 fully saturated rings. The highest BCUT2D eigenvalue weighted by molar-refractivity contribution is 9.10. The summed E-state index contributed by atoms with van der Waals surface area (Å²) in [6.07, 6.45) is 8.52. The Hall–Kier alpha value is -2.38. The van der Waals surface area contributed by atoms with Crippen LogP contribution in [0.3, 0.4) is 0 Å². The molecule has 0 saturated heterocycles. The second-order valence-corrected chi connectivity index (χ2v) is 11.1. The average molecular weight is 557 g/mol. The van der Waals surface area contributed by atoms with Gasteiger partial charge in [0.05, 0.1) is 11.4 Å². The number of rotatable bonds is 10. The van der Waals surface area contributed by atoms with Crippen molar-refractivity contribution in [3.63, 3.8) is 0 Å². The van der Waals surface area contributed by atoms with E-state index in [0.717, 1.165) is 48.8 Å². The first-order chi connectivity index (χ1) is 17.0. The quantitative estimate of drug-likeness (QED) is 0.284. The standard InChI is InChI=1S/C28H34BrN3O2S/c1-2-16-31(28(34)26-11-7-18-35-26)21-27(33)32(24-8-4-3-5-9-24)20-25-10-6-17-30(25)19-22-12-14-23(29)15-13-22/h6-7,10-15,17-18,24H,2-5,8-9,16,19-21H2,1H3. The second kappa shape index (κ2) is 12.5. The number of hydrogen-bond acceptors (Lipinski definition) is 3. The van der Waals surface area contributed by atoms with E-state index in [1.165, 1.54) is 23.3 Å². The molecular weight excluding hydrogens is 522 g/mol. The monoisotopic (exact) mass is 555 g/mol. The molecule has 4 rings (SSSR count). The third-order valence-electron chi connectivity index (χ3n) is 6.70. The summed E-state index contributed by atoms with van der Waals surface area (Å²) in [4.78, 5) is 31.3. The van der Waals surface area contributed by atoms with E-state index in [2.05, 4.69) is 68.0 Å². The number of aromatic nitrogens is 1. The van der Waals surface area contributed by atoms with Crippen molar-refractivity contribution in [3.05, 3.63) is 80.7 Å². The SMILES string of the molecule is CCCN(CC(=O)N(Cc1cccn1Cc1ccc(Br)cc1)C1CCCCC1)C(=O)c1cccs1. The van der Waals surface area contributed by atoms with E-state index < -0.39 is 0 Å². The van der Waals surface area contributed by atoms with E-state index >= 15 is 0 Å². The molecule has 3 aromatic rings. The van der Waals surface area contributed by atoms with Crippen LogP contribution in [0.25, 0.3) is 0 Å². The lowest BCUT2D eigenvalue weighted by molar-refractivity contribution is -0.135. The second-order valence-electron chi connectivity index (χ2n) is 9.27. The Balaban J connectivity index is 1.52. The molecule has 1 aromatic carbocycles. The van der Waals surface area contributed by atoms with Gasteiger partial charge in [0.25, 0.3) is 5.91 Å². The molecule has 0 bridgehead atoms. The van der Waals surface area contributed by atoms with Crippen molar-refractivity contribution >= 4 is 39.1 Å². The fourth-order valence-corrected chi connectivity index (χ4v) is 5.81. The van der Waals surface area contributed by atoms with Crippen LogP contribution in [0.15, 0.2) is 64.6 Å². The van der Waals surface area contributed by atoms with Gasteiger partial charge in [0.15, 0.2) is 0 Å². The highest BCUT2D eigenvalue weighted by atomic mass is 79.9. The lowest BCUT2D eigenvalue weighted by Crippen LogP contribution is -2.47. The van der Waals surface area contributed by atoms with Gasteiger partial charge in [-0.15, -0.1) is 11.3 Å². The van der Waals surface area contributed by atoms with Crippen LogP contribution in [0, 0.1) is 0 Å². The van der Waals surface area contributed by atoms with Gasteiger partial charge in [-0.2, -0.15) is 0 Å². The van der Waals surface area contributed by atoms with Crippen LogP contribution in [-0.4, -0.2) is 45.3 Å². The highest BCUT2D eigenvalue weighted by Crippen LogP contribution is 2.25. The van der Waals surface area contributed by atoms with Gasteiger partial charge in [-0.05, 0) is 60.5 Å². The van der Waals surface area contributed by atoms with Crippen LogP contribution in [-0.2, 0) is 17.9 Å². The highest BCUT2D eigenvalue weighted by Gasteiger charge is 2.29. The number of halogens is 1. The Morgan fingerprint density at radius 2 is 1.83 bits per heavy atom. The van der Waals surface area contributed by atoms with Crippen molar-refractivity contribution in [1.82, 2.24) is 14.4 Å². The zero-order chi connectivity index (χ0) is 24.6. The molecule has 5 nitrogen and oxygen atoms in total. The first-order valence-electron chi connectivity index (χ1n) is 12.6. The van der Waals surface area contributed by atoms with Gasteiger partial charge in [0.2, 0.25) is 5.91 Å². The fraction of sp³-hybridized carbons (Fsp3) is 0.429. The van der Waals surface area contributed by atoms with Gasteiger partial charge in [-0.25, -0.2) is 0 Å². The molecule has 0 radical (unpaired) electrons. The molecule has 0 spiro atoms. The number of amides is 2. The third-order valence-corrected chi connectivity index (χ3v) is 8.08. The van der Waals surface area contributed by atoms with Crippen molar-refractivity contribution in [1.29, 1.82) is 0 Å². The lowest BCUT2D eigenvalue weighted by atomic mass is 9.94. The Kier molecular flexibility index (Phi) is 9.21. The maximum atomic E-state index is 13.8. The molecule has 1 aliphatic carbocycles. The predicted molar refractivity (Wildman–Crippen MR) is 146 cm³/mol. The van der Waals surface area contributed by atoms with Gasteiger partial charge in [0.1, 0.15) is 6.54 Å². The Morgan fingerprint density at radius 3 is 2.51 bits per heavy atom. The first-order valence-corrected chi connectivity index (χ1v) is 14.2. The van der Waals surface area contributed by atoms with Gasteiger partial charge < -0.3 is 14.4 Å². The van der Waals surface area contributed by atoms with E-state index in [0.29, 0.717) is 18.0 Å². The third kappa shape index (κ3) is 6.85. The number of carbonyl (C=O) groups is 2. The van der Waals surface area contributed by atoms with Gasteiger partial charge in [-0.1, -0.05) is 60.3 Å². The summed E-state index contributed by atoms with van der Waals surface area (Å²) >= 11 is 4.94. The van der Waals surface area contributed by atoms with E-state index in [9.17, 15) is 9.59 Å². The molecule has 2 amide bonds. The Bertz CT molecular complexity index is 1090. The maximum absolute atomic E-state index is 13.8. The molecule has 2 heterocycles. The molecule has 35 heavy (non-hydrogen) atoms. The number of nitrogens with zero attached hydrogens (tertiary/aromatic N) is 3. The van der Waals surface area contributed by atoms with Gasteiger partial charge in [-0.3, -0.25) is 9.59 Å². The van der Waals surface area contributed by atoms with Crippen LogP contribution >= 0.6 is 27.3 Å². The summed E-state index contributed by atoms with van der Waals surface area (Å²) in [6.45, 7) is 4.10. The number of hydrogen-bond donors (Lipinski definition) is 0. The van der Waals surface area contributed by atoms with Crippen molar-refractivity contribution in [2.45, 2.75) is 64.6 Å². The normalized spacial score (nSPS) is 14.1.